The third-order valence-electron chi connectivity index (χ3n) is 4.79. The van der Waals surface area contributed by atoms with Crippen LogP contribution in [0.15, 0.2) is 0 Å². The highest BCUT2D eigenvalue weighted by Crippen LogP contribution is 2.31. The van der Waals surface area contributed by atoms with E-state index in [2.05, 4.69) is 5.10 Å². The summed E-state index contributed by atoms with van der Waals surface area (Å²) in [5.41, 5.74) is 1.47. The smallest absolute Gasteiger partial charge is 0.377 e. The lowest BCUT2D eigenvalue weighted by Crippen LogP contribution is -2.45. The second-order valence-corrected chi connectivity index (χ2v) is 6.76. The third kappa shape index (κ3) is 4.80. The molecular formula is C17H24F3N3O4. The molecule has 0 aromatic carbocycles. The number of morpholine rings is 1. The van der Waals surface area contributed by atoms with Crippen molar-refractivity contribution in [2.75, 3.05) is 33.0 Å². The number of ether oxygens (including phenoxy) is 3. The first-order chi connectivity index (χ1) is 12.8. The maximum Gasteiger partial charge on any atom is 0.408 e. The number of alkyl halides is 3. The second-order valence-electron chi connectivity index (χ2n) is 6.76. The third-order valence-corrected chi connectivity index (χ3v) is 4.79. The van der Waals surface area contributed by atoms with Gasteiger partial charge in [-0.1, -0.05) is 0 Å². The average Bonchev–Trinajstić information content (AvgIpc) is 2.87. The van der Waals surface area contributed by atoms with E-state index in [-0.39, 0.29) is 18.9 Å². The Hall–Kier alpha value is -1.65. The molecule has 3 heterocycles. The Morgan fingerprint density at radius 1 is 1.22 bits per heavy atom. The van der Waals surface area contributed by atoms with Crippen molar-refractivity contribution in [2.24, 2.45) is 0 Å². The minimum Gasteiger partial charge on any atom is -0.377 e. The number of aromatic nitrogens is 2. The fourth-order valence-electron chi connectivity index (χ4n) is 3.57. The molecule has 10 heteroatoms. The fourth-order valence-corrected chi connectivity index (χ4v) is 3.57. The van der Waals surface area contributed by atoms with Crippen LogP contribution in [0.3, 0.4) is 0 Å². The minimum atomic E-state index is -4.37. The van der Waals surface area contributed by atoms with Gasteiger partial charge in [0, 0.05) is 17.8 Å². The van der Waals surface area contributed by atoms with E-state index in [4.69, 9.17) is 14.2 Å². The summed E-state index contributed by atoms with van der Waals surface area (Å²) in [5.74, 6) is -0.169. The van der Waals surface area contributed by atoms with Gasteiger partial charge in [-0.15, -0.1) is 0 Å². The molecular weight excluding hydrogens is 367 g/mol. The molecule has 0 N–H and O–H groups in total. The van der Waals surface area contributed by atoms with Crippen molar-refractivity contribution >= 4 is 5.91 Å². The second kappa shape index (κ2) is 8.15. The van der Waals surface area contributed by atoms with Gasteiger partial charge in [-0.2, -0.15) is 18.3 Å². The van der Waals surface area contributed by atoms with Gasteiger partial charge in [-0.3, -0.25) is 9.48 Å². The number of amides is 1. The summed E-state index contributed by atoms with van der Waals surface area (Å²) in [4.78, 5) is 14.5. The summed E-state index contributed by atoms with van der Waals surface area (Å²) in [6.45, 7) is 4.14. The van der Waals surface area contributed by atoms with Crippen LogP contribution in [0.4, 0.5) is 13.2 Å². The van der Waals surface area contributed by atoms with Gasteiger partial charge in [0.05, 0.1) is 44.6 Å². The number of rotatable bonds is 4. The van der Waals surface area contributed by atoms with E-state index in [1.807, 2.05) is 0 Å². The fraction of sp³-hybridized carbons (Fsp3) is 0.765. The Labute approximate surface area is 155 Å². The molecule has 3 rings (SSSR count). The lowest BCUT2D eigenvalue weighted by Gasteiger charge is -2.37. The van der Waals surface area contributed by atoms with Gasteiger partial charge in [0.15, 0.2) is 6.29 Å². The van der Waals surface area contributed by atoms with Crippen LogP contribution in [-0.2, 0) is 25.5 Å². The lowest BCUT2D eigenvalue weighted by molar-refractivity contribution is -0.189. The molecule has 1 unspecified atom stereocenters. The van der Waals surface area contributed by atoms with Crippen LogP contribution < -0.4 is 0 Å². The van der Waals surface area contributed by atoms with Crippen molar-refractivity contribution in [3.63, 3.8) is 0 Å². The number of carbonyl (C=O) groups is 1. The zero-order valence-electron chi connectivity index (χ0n) is 15.4. The zero-order valence-corrected chi connectivity index (χ0v) is 15.4. The monoisotopic (exact) mass is 391 g/mol. The number of hydrogen-bond acceptors (Lipinski definition) is 5. The first-order valence-corrected chi connectivity index (χ1v) is 8.97. The molecule has 1 aromatic rings. The highest BCUT2D eigenvalue weighted by atomic mass is 19.4. The maximum atomic E-state index is 12.8. The Kier molecular flexibility index (Phi) is 6.07. The standard InChI is InChI=1S/C17H24F3N3O4/c1-11-16(12(2)23(21-11)10-17(18,19)20)13-9-25-7-4-22(13)14(24)8-15-26-5-3-6-27-15/h13,15H,3-10H2,1-2H3. The van der Waals surface area contributed by atoms with E-state index in [1.165, 1.54) is 0 Å². The number of hydrogen-bond donors (Lipinski definition) is 0. The Morgan fingerprint density at radius 3 is 2.59 bits per heavy atom. The van der Waals surface area contributed by atoms with Crippen molar-refractivity contribution in [3.8, 4) is 0 Å². The molecule has 1 amide bonds. The van der Waals surface area contributed by atoms with Gasteiger partial charge in [-0.25, -0.2) is 0 Å². The van der Waals surface area contributed by atoms with E-state index in [1.54, 1.807) is 18.7 Å². The molecule has 27 heavy (non-hydrogen) atoms. The van der Waals surface area contributed by atoms with Crippen molar-refractivity contribution in [1.82, 2.24) is 14.7 Å². The summed E-state index contributed by atoms with van der Waals surface area (Å²) in [5, 5.41) is 4.03. The van der Waals surface area contributed by atoms with Crippen molar-refractivity contribution < 1.29 is 32.2 Å². The summed E-state index contributed by atoms with van der Waals surface area (Å²) in [6.07, 6.45) is -4.08. The van der Waals surface area contributed by atoms with E-state index >= 15 is 0 Å². The molecule has 1 aromatic heterocycles. The van der Waals surface area contributed by atoms with Gasteiger partial charge in [0.2, 0.25) is 5.91 Å². The van der Waals surface area contributed by atoms with Crippen molar-refractivity contribution in [3.05, 3.63) is 17.0 Å². The van der Waals surface area contributed by atoms with Crippen molar-refractivity contribution in [1.29, 1.82) is 0 Å². The SMILES string of the molecule is Cc1nn(CC(F)(F)F)c(C)c1C1COCCN1C(=O)CC1OCCCO1. The molecule has 0 radical (unpaired) electrons. The maximum absolute atomic E-state index is 12.8. The van der Waals surface area contributed by atoms with Crippen LogP contribution in [0.25, 0.3) is 0 Å². The highest BCUT2D eigenvalue weighted by molar-refractivity contribution is 5.77. The summed E-state index contributed by atoms with van der Waals surface area (Å²) in [7, 11) is 0. The molecule has 2 fully saturated rings. The Morgan fingerprint density at radius 2 is 1.93 bits per heavy atom. The van der Waals surface area contributed by atoms with E-state index in [9.17, 15) is 18.0 Å². The lowest BCUT2D eigenvalue weighted by atomic mass is 10.0. The summed E-state index contributed by atoms with van der Waals surface area (Å²) >= 11 is 0. The number of carbonyl (C=O) groups excluding carboxylic acids is 1. The van der Waals surface area contributed by atoms with Gasteiger partial charge < -0.3 is 19.1 Å². The Balaban J connectivity index is 1.79. The minimum absolute atomic E-state index is 0.0747. The van der Waals surface area contributed by atoms with Crippen LogP contribution in [0.2, 0.25) is 0 Å². The van der Waals surface area contributed by atoms with Gasteiger partial charge in [0.1, 0.15) is 6.54 Å². The van der Waals surface area contributed by atoms with Crippen molar-refractivity contribution in [2.45, 2.75) is 51.7 Å². The molecule has 1 atom stereocenters. The summed E-state index contributed by atoms with van der Waals surface area (Å²) < 4.78 is 55.7. The first-order valence-electron chi connectivity index (χ1n) is 8.97. The molecule has 7 nitrogen and oxygen atoms in total. The normalized spacial score (nSPS) is 22.3. The Bertz CT molecular complexity index is 671. The predicted molar refractivity (Wildman–Crippen MR) is 88.0 cm³/mol. The molecule has 2 aliphatic heterocycles. The van der Waals surface area contributed by atoms with E-state index < -0.39 is 25.1 Å². The molecule has 0 spiro atoms. The number of nitrogens with zero attached hydrogens (tertiary/aromatic N) is 3. The molecule has 152 valence electrons. The predicted octanol–water partition coefficient (Wildman–Crippen LogP) is 2.12. The van der Waals surface area contributed by atoms with Gasteiger partial charge in [0.25, 0.3) is 0 Å². The van der Waals surface area contributed by atoms with Gasteiger partial charge in [-0.05, 0) is 20.3 Å². The molecule has 0 bridgehead atoms. The quantitative estimate of drug-likeness (QED) is 0.787. The zero-order chi connectivity index (χ0) is 19.6. The molecule has 0 aliphatic carbocycles. The van der Waals surface area contributed by atoms with E-state index in [0.717, 1.165) is 11.1 Å². The summed E-state index contributed by atoms with van der Waals surface area (Å²) in [6, 6.07) is -0.475. The number of halogens is 3. The van der Waals surface area contributed by atoms with Crippen LogP contribution in [0.1, 0.15) is 35.8 Å². The highest BCUT2D eigenvalue weighted by Gasteiger charge is 2.36. The van der Waals surface area contributed by atoms with Crippen LogP contribution in [0, 0.1) is 13.8 Å². The molecule has 0 saturated carbocycles. The van der Waals surface area contributed by atoms with Crippen LogP contribution >= 0.6 is 0 Å². The first kappa shape index (κ1) is 20.1. The number of aryl methyl sites for hydroxylation is 1. The topological polar surface area (TPSA) is 65.8 Å². The van der Waals surface area contributed by atoms with Crippen LogP contribution in [0.5, 0.6) is 0 Å². The molecule has 2 saturated heterocycles. The van der Waals surface area contributed by atoms with E-state index in [0.29, 0.717) is 43.3 Å². The van der Waals surface area contributed by atoms with Crippen LogP contribution in [-0.4, -0.2) is 66.0 Å². The largest absolute Gasteiger partial charge is 0.408 e. The van der Waals surface area contributed by atoms with Gasteiger partial charge >= 0.3 is 6.18 Å². The average molecular weight is 391 g/mol. The molecule has 2 aliphatic rings.